The number of anilines is 1. The molecule has 13 heteroatoms. The van der Waals surface area contributed by atoms with Crippen LogP contribution in [0.1, 0.15) is 13.2 Å². The van der Waals surface area contributed by atoms with Gasteiger partial charge in [-0.3, -0.25) is 9.36 Å². The summed E-state index contributed by atoms with van der Waals surface area (Å²) in [4.78, 5) is 23.8. The van der Waals surface area contributed by atoms with Crippen LogP contribution >= 0.6 is 0 Å². The third-order valence-electron chi connectivity index (χ3n) is 5.77. The van der Waals surface area contributed by atoms with Crippen molar-refractivity contribution in [2.24, 2.45) is 0 Å². The van der Waals surface area contributed by atoms with E-state index in [4.69, 9.17) is 4.74 Å². The molecule has 2 aromatic carbocycles. The Balaban J connectivity index is 1.34. The Bertz CT molecular complexity index is 1520. The largest absolute Gasteiger partial charge is 0.387 e. The molecule has 12 nitrogen and oxygen atoms in total. The zero-order valence-corrected chi connectivity index (χ0v) is 19.3. The van der Waals surface area contributed by atoms with Gasteiger partial charge in [0.15, 0.2) is 23.2 Å². The van der Waals surface area contributed by atoms with Crippen LogP contribution in [0.4, 0.5) is 5.82 Å². The van der Waals surface area contributed by atoms with Crippen LogP contribution in [0.15, 0.2) is 60.0 Å². The van der Waals surface area contributed by atoms with Crippen LogP contribution < -0.4 is 10.0 Å². The number of carbonyl (C=O) groups excluding carboxylic acids is 1. The van der Waals surface area contributed by atoms with Gasteiger partial charge < -0.3 is 20.3 Å². The number of fused-ring (bicyclic) bond motifs is 2. The zero-order chi connectivity index (χ0) is 24.7. The Hall–Kier alpha value is -3.49. The summed E-state index contributed by atoms with van der Waals surface area (Å²) in [5, 5.41) is 25.4. The fraction of sp³-hybridized carbons (Fsp3) is 0.273. The summed E-state index contributed by atoms with van der Waals surface area (Å²) in [5.41, 5.74) is 0.533. The van der Waals surface area contributed by atoms with E-state index in [1.807, 2.05) is 24.3 Å². The monoisotopic (exact) mass is 498 g/mol. The second-order valence-electron chi connectivity index (χ2n) is 8.13. The van der Waals surface area contributed by atoms with Crippen molar-refractivity contribution >= 4 is 43.7 Å². The van der Waals surface area contributed by atoms with Crippen LogP contribution in [-0.2, 0) is 19.6 Å². The van der Waals surface area contributed by atoms with Crippen molar-refractivity contribution in [1.82, 2.24) is 24.2 Å². The van der Waals surface area contributed by atoms with E-state index in [-0.39, 0.29) is 34.3 Å². The van der Waals surface area contributed by atoms with Gasteiger partial charge in [-0.25, -0.2) is 28.1 Å². The van der Waals surface area contributed by atoms with E-state index in [2.05, 4.69) is 25.0 Å². The Morgan fingerprint density at radius 3 is 2.63 bits per heavy atom. The molecule has 4 aromatic rings. The lowest BCUT2D eigenvalue weighted by Crippen LogP contribution is -2.39. The van der Waals surface area contributed by atoms with Crippen molar-refractivity contribution in [2.45, 2.75) is 36.4 Å². The fourth-order valence-electron chi connectivity index (χ4n) is 4.03. The molecule has 1 aliphatic rings. The molecular weight excluding hydrogens is 476 g/mol. The number of carbonyl (C=O) groups is 1. The maximum atomic E-state index is 12.9. The van der Waals surface area contributed by atoms with Crippen LogP contribution in [0.3, 0.4) is 0 Å². The second-order valence-corrected chi connectivity index (χ2v) is 9.90. The highest BCUT2D eigenvalue weighted by atomic mass is 32.2. The molecule has 5 rings (SSSR count). The van der Waals surface area contributed by atoms with Gasteiger partial charge in [-0.1, -0.05) is 30.3 Å². The first-order valence-corrected chi connectivity index (χ1v) is 12.2. The van der Waals surface area contributed by atoms with Crippen molar-refractivity contribution in [1.29, 1.82) is 0 Å². The van der Waals surface area contributed by atoms with Crippen LogP contribution in [0.5, 0.6) is 0 Å². The van der Waals surface area contributed by atoms with Crippen molar-refractivity contribution in [2.75, 3.05) is 11.9 Å². The number of aliphatic hydroxyl groups excluding tert-OH is 2. The number of hydrogen-bond donors (Lipinski definition) is 4. The summed E-state index contributed by atoms with van der Waals surface area (Å²) in [7, 11) is -3.91. The molecule has 0 unspecified atom stereocenters. The van der Waals surface area contributed by atoms with Crippen LogP contribution in [-0.4, -0.2) is 68.9 Å². The number of aromatic nitrogens is 4. The molecule has 1 amide bonds. The minimum Gasteiger partial charge on any atom is -0.387 e. The van der Waals surface area contributed by atoms with E-state index < -0.39 is 34.6 Å². The SMILES string of the molecule is CC(=O)Nc1ncnc2c1ncn2[C@@H]1O[C@H](CNS(=O)(=O)c2ccc3ccccc3c2)[C@@H](O)[C@H]1O. The first kappa shape index (κ1) is 23.3. The average Bonchev–Trinajstić information content (AvgIpc) is 3.39. The number of benzene rings is 2. The topological polar surface area (TPSA) is 169 Å². The van der Waals surface area contributed by atoms with Gasteiger partial charge in [0.1, 0.15) is 24.6 Å². The smallest absolute Gasteiger partial charge is 0.240 e. The highest BCUT2D eigenvalue weighted by Crippen LogP contribution is 2.32. The summed E-state index contributed by atoms with van der Waals surface area (Å²) < 4.78 is 35.4. The number of sulfonamides is 1. The molecule has 0 saturated carbocycles. The van der Waals surface area contributed by atoms with Gasteiger partial charge in [-0.15, -0.1) is 0 Å². The minimum absolute atomic E-state index is 0.0728. The van der Waals surface area contributed by atoms with Gasteiger partial charge in [0, 0.05) is 13.5 Å². The second kappa shape index (κ2) is 8.94. The molecule has 0 radical (unpaired) electrons. The average molecular weight is 499 g/mol. The Morgan fingerprint density at radius 2 is 1.86 bits per heavy atom. The summed E-state index contributed by atoms with van der Waals surface area (Å²) in [6, 6.07) is 12.2. The maximum Gasteiger partial charge on any atom is 0.240 e. The number of rotatable bonds is 6. The van der Waals surface area contributed by atoms with E-state index >= 15 is 0 Å². The van der Waals surface area contributed by atoms with Crippen molar-refractivity contribution in [3.05, 3.63) is 55.1 Å². The van der Waals surface area contributed by atoms with Gasteiger partial charge in [0.25, 0.3) is 0 Å². The van der Waals surface area contributed by atoms with Gasteiger partial charge in [-0.05, 0) is 22.9 Å². The summed E-state index contributed by atoms with van der Waals surface area (Å²) in [5.74, 6) is -0.153. The molecule has 0 bridgehead atoms. The van der Waals surface area contributed by atoms with Crippen LogP contribution in [0, 0.1) is 0 Å². The third kappa shape index (κ3) is 4.35. The molecule has 4 atom stereocenters. The molecule has 0 spiro atoms. The highest BCUT2D eigenvalue weighted by molar-refractivity contribution is 7.89. The lowest BCUT2D eigenvalue weighted by Gasteiger charge is -2.16. The number of nitrogens with one attached hydrogen (secondary N) is 2. The van der Waals surface area contributed by atoms with Crippen LogP contribution in [0.2, 0.25) is 0 Å². The fourth-order valence-corrected chi connectivity index (χ4v) is 5.11. The molecular formula is C22H22N6O6S. The molecule has 1 saturated heterocycles. The van der Waals surface area contributed by atoms with Crippen molar-refractivity contribution in [3.8, 4) is 0 Å². The van der Waals surface area contributed by atoms with Gasteiger partial charge >= 0.3 is 0 Å². The summed E-state index contributed by atoms with van der Waals surface area (Å²) >= 11 is 0. The van der Waals surface area contributed by atoms with E-state index in [0.29, 0.717) is 0 Å². The summed E-state index contributed by atoms with van der Waals surface area (Å²) in [6.07, 6.45) is -2.34. The number of amides is 1. The normalized spacial score (nSPS) is 22.6. The number of imidazole rings is 1. The van der Waals surface area contributed by atoms with Gasteiger partial charge in [0.2, 0.25) is 15.9 Å². The first-order chi connectivity index (χ1) is 16.7. The van der Waals surface area contributed by atoms with E-state index in [1.54, 1.807) is 12.1 Å². The molecule has 0 aliphatic carbocycles. The van der Waals surface area contributed by atoms with Crippen LogP contribution in [0.25, 0.3) is 21.9 Å². The molecule has 3 heterocycles. The lowest BCUT2D eigenvalue weighted by atomic mass is 10.1. The molecule has 35 heavy (non-hydrogen) atoms. The van der Waals surface area contributed by atoms with Crippen molar-refractivity contribution in [3.63, 3.8) is 0 Å². The van der Waals surface area contributed by atoms with E-state index in [0.717, 1.165) is 10.8 Å². The molecule has 2 aromatic heterocycles. The molecule has 182 valence electrons. The first-order valence-electron chi connectivity index (χ1n) is 10.7. The number of hydrogen-bond acceptors (Lipinski definition) is 9. The van der Waals surface area contributed by atoms with Gasteiger partial charge in [0.05, 0.1) is 11.2 Å². The Labute approximate surface area is 199 Å². The van der Waals surface area contributed by atoms with E-state index in [9.17, 15) is 23.4 Å². The van der Waals surface area contributed by atoms with E-state index in [1.165, 1.54) is 30.2 Å². The summed E-state index contributed by atoms with van der Waals surface area (Å²) in [6.45, 7) is 1.05. The molecule has 1 aliphatic heterocycles. The number of ether oxygens (including phenoxy) is 1. The molecule has 4 N–H and O–H groups in total. The predicted octanol–water partition coefficient (Wildman–Crippen LogP) is 0.536. The Morgan fingerprint density at radius 1 is 1.09 bits per heavy atom. The zero-order valence-electron chi connectivity index (χ0n) is 18.4. The minimum atomic E-state index is -3.91. The highest BCUT2D eigenvalue weighted by Gasteiger charge is 2.44. The van der Waals surface area contributed by atoms with Crippen molar-refractivity contribution < 1.29 is 28.2 Å². The Kier molecular flexibility index (Phi) is 5.94. The predicted molar refractivity (Wildman–Crippen MR) is 125 cm³/mol. The maximum absolute atomic E-state index is 12.9. The number of nitrogens with zero attached hydrogens (tertiary/aromatic N) is 4. The van der Waals surface area contributed by atoms with Gasteiger partial charge in [-0.2, -0.15) is 0 Å². The quantitative estimate of drug-likeness (QED) is 0.296. The molecule has 1 fully saturated rings. The number of aliphatic hydroxyl groups is 2. The lowest BCUT2D eigenvalue weighted by molar-refractivity contribution is -0.114. The standard InChI is InChI=1S/C22H22N6O6S/c1-12(29)27-20-17-21(24-10-23-20)28(11-25-17)22-19(31)18(30)16(34-22)9-26-35(32,33)15-7-6-13-4-2-3-5-14(13)8-15/h2-8,10-11,16,18-19,22,26,30-31H,9H2,1H3,(H,23,24,27,29)/t16-,18-,19-,22-/m1/s1. The third-order valence-corrected chi connectivity index (χ3v) is 7.19.